The Morgan fingerprint density at radius 3 is 2.49 bits per heavy atom. The van der Waals surface area contributed by atoms with Crippen LogP contribution in [0.1, 0.15) is 44.2 Å². The molecule has 3 fully saturated rings. The lowest BCUT2D eigenvalue weighted by Crippen LogP contribution is -2.59. The van der Waals surface area contributed by atoms with Crippen molar-refractivity contribution in [2.24, 2.45) is 11.8 Å². The van der Waals surface area contributed by atoms with Gasteiger partial charge < -0.3 is 34.4 Å². The Morgan fingerprint density at radius 1 is 1.16 bits per heavy atom. The number of aliphatic hydroxyl groups excluding tert-OH is 1. The summed E-state index contributed by atoms with van der Waals surface area (Å²) in [6, 6.07) is 13.6. The van der Waals surface area contributed by atoms with E-state index < -0.39 is 65.4 Å². The van der Waals surface area contributed by atoms with E-state index in [1.54, 1.807) is 43.5 Å². The highest BCUT2D eigenvalue weighted by Gasteiger charge is 2.77. The van der Waals surface area contributed by atoms with Gasteiger partial charge in [0.05, 0.1) is 43.7 Å². The van der Waals surface area contributed by atoms with Crippen LogP contribution in [0.25, 0.3) is 0 Å². The van der Waals surface area contributed by atoms with E-state index in [0.717, 1.165) is 5.56 Å². The minimum atomic E-state index is -1.34. The highest BCUT2D eigenvalue weighted by molar-refractivity contribution is 9.09. The lowest BCUT2D eigenvalue weighted by molar-refractivity contribution is -0.146. The fourth-order valence-corrected chi connectivity index (χ4v) is 8.40. The minimum Gasteiger partial charge on any atom is -0.497 e. The number of fused-ring (bicyclic) bond motifs is 1. The molecule has 8 atom stereocenters. The summed E-state index contributed by atoms with van der Waals surface area (Å²) in [5, 5.41) is 13.5. The zero-order valence-electron chi connectivity index (χ0n) is 27.8. The number of anilines is 1. The van der Waals surface area contributed by atoms with Crippen LogP contribution in [0.15, 0.2) is 79.9 Å². The van der Waals surface area contributed by atoms with Gasteiger partial charge in [-0.3, -0.25) is 19.2 Å². The van der Waals surface area contributed by atoms with E-state index >= 15 is 0 Å². The Bertz CT molecular complexity index is 1530. The van der Waals surface area contributed by atoms with Gasteiger partial charge in [0.1, 0.15) is 24.0 Å². The molecule has 49 heavy (non-hydrogen) atoms. The Morgan fingerprint density at radius 2 is 1.88 bits per heavy atom. The number of methoxy groups -OCH3 is 1. The van der Waals surface area contributed by atoms with Crippen LogP contribution in [0.2, 0.25) is 0 Å². The van der Waals surface area contributed by atoms with Crippen molar-refractivity contribution in [2.45, 2.75) is 67.3 Å². The van der Waals surface area contributed by atoms with E-state index in [1.807, 2.05) is 37.3 Å². The number of likely N-dealkylation sites (tertiary alicyclic amines) is 1. The number of esters is 1. The van der Waals surface area contributed by atoms with Gasteiger partial charge >= 0.3 is 5.97 Å². The van der Waals surface area contributed by atoms with Crippen molar-refractivity contribution in [3.63, 3.8) is 0 Å². The van der Waals surface area contributed by atoms with E-state index in [1.165, 1.54) is 9.80 Å². The molecule has 0 aromatic heterocycles. The molecule has 2 aromatic carbocycles. The number of hydrogen-bond acceptors (Lipinski definition) is 8. The third-order valence-corrected chi connectivity index (χ3v) is 10.6. The normalized spacial score (nSPS) is 26.4. The molecule has 5 rings (SSSR count). The molecule has 1 unspecified atom stereocenters. The van der Waals surface area contributed by atoms with E-state index in [2.05, 4.69) is 34.4 Å². The Kier molecular flexibility index (Phi) is 11.6. The number of nitrogens with zero attached hydrogens (tertiary/aromatic N) is 2. The Labute approximate surface area is 295 Å². The highest BCUT2D eigenvalue weighted by atomic mass is 79.9. The lowest BCUT2D eigenvalue weighted by atomic mass is 9.70. The summed E-state index contributed by atoms with van der Waals surface area (Å²) in [7, 11) is 1.55. The molecule has 11 nitrogen and oxygen atoms in total. The summed E-state index contributed by atoms with van der Waals surface area (Å²) in [5.41, 5.74) is -0.0523. The van der Waals surface area contributed by atoms with E-state index in [-0.39, 0.29) is 31.0 Å². The molecule has 262 valence electrons. The second-order valence-corrected chi connectivity index (χ2v) is 13.7. The van der Waals surface area contributed by atoms with Gasteiger partial charge in [-0.25, -0.2) is 0 Å². The molecule has 2 bridgehead atoms. The van der Waals surface area contributed by atoms with Crippen LogP contribution in [0.3, 0.4) is 0 Å². The van der Waals surface area contributed by atoms with Crippen LogP contribution in [0.5, 0.6) is 5.75 Å². The molecule has 3 aliphatic rings. The predicted molar refractivity (Wildman–Crippen MR) is 187 cm³/mol. The number of benzene rings is 2. The maximum atomic E-state index is 14.8. The van der Waals surface area contributed by atoms with Crippen molar-refractivity contribution in [1.82, 2.24) is 10.2 Å². The second kappa shape index (κ2) is 15.7. The van der Waals surface area contributed by atoms with Crippen LogP contribution >= 0.6 is 15.9 Å². The van der Waals surface area contributed by atoms with Crippen LogP contribution in [0, 0.1) is 11.8 Å². The molecule has 3 amide bonds. The van der Waals surface area contributed by atoms with Gasteiger partial charge in [0.15, 0.2) is 0 Å². The number of carbonyl (C=O) groups excluding carboxylic acids is 4. The summed E-state index contributed by atoms with van der Waals surface area (Å²) >= 11 is 3.72. The number of aliphatic hydroxyl groups is 1. The van der Waals surface area contributed by atoms with Gasteiger partial charge in [-0.05, 0) is 49.1 Å². The predicted octanol–water partition coefficient (Wildman–Crippen LogP) is 4.10. The molecule has 0 aliphatic carbocycles. The zero-order chi connectivity index (χ0) is 35.3. The number of alkyl halides is 1. The number of rotatable bonds is 16. The smallest absolute Gasteiger partial charge is 0.306 e. The van der Waals surface area contributed by atoms with Crippen LogP contribution in [0.4, 0.5) is 5.69 Å². The summed E-state index contributed by atoms with van der Waals surface area (Å²) in [6.45, 7) is 9.00. The van der Waals surface area contributed by atoms with Crippen molar-refractivity contribution >= 4 is 45.3 Å². The fourth-order valence-electron chi connectivity index (χ4n) is 7.46. The topological polar surface area (TPSA) is 135 Å². The number of carbonyl (C=O) groups is 4. The van der Waals surface area contributed by atoms with Gasteiger partial charge in [0.25, 0.3) is 5.91 Å². The first-order chi connectivity index (χ1) is 23.6. The van der Waals surface area contributed by atoms with Crippen LogP contribution in [-0.2, 0) is 28.7 Å². The maximum absolute atomic E-state index is 14.8. The van der Waals surface area contributed by atoms with Crippen molar-refractivity contribution in [1.29, 1.82) is 0 Å². The van der Waals surface area contributed by atoms with E-state index in [0.29, 0.717) is 30.7 Å². The van der Waals surface area contributed by atoms with Gasteiger partial charge in [-0.1, -0.05) is 65.3 Å². The van der Waals surface area contributed by atoms with Gasteiger partial charge in [-0.15, -0.1) is 13.2 Å². The molecule has 0 radical (unpaired) electrons. The first-order valence-electron chi connectivity index (χ1n) is 16.6. The van der Waals surface area contributed by atoms with Crippen molar-refractivity contribution in [3.05, 3.63) is 85.5 Å². The van der Waals surface area contributed by atoms with Gasteiger partial charge in [0, 0.05) is 23.5 Å². The van der Waals surface area contributed by atoms with Gasteiger partial charge in [-0.2, -0.15) is 0 Å². The average Bonchev–Trinajstić information content (AvgIpc) is 3.72. The SMILES string of the molecule is C=CCCC(=O)OC[C@H](NC(=O)[C@H]1[C@@H]2O[C@@]3(CC2Br)[C@@H]1C(=O)N([C@@H](CC)CO)[C@@H]3C(=O)N(CC=C)c1ccc(OC)cc1)c1ccccc1. The number of allylic oxidation sites excluding steroid dienone is 1. The average molecular weight is 739 g/mol. The number of nitrogens with one attached hydrogen (secondary N) is 1. The van der Waals surface area contributed by atoms with E-state index in [9.17, 15) is 24.3 Å². The van der Waals surface area contributed by atoms with Crippen molar-refractivity contribution in [2.75, 3.05) is 31.8 Å². The largest absolute Gasteiger partial charge is 0.497 e. The second-order valence-electron chi connectivity index (χ2n) is 12.6. The quantitative estimate of drug-likeness (QED) is 0.150. The number of ether oxygens (including phenoxy) is 3. The highest BCUT2D eigenvalue weighted by Crippen LogP contribution is 2.60. The van der Waals surface area contributed by atoms with Crippen molar-refractivity contribution < 1.29 is 38.5 Å². The molecule has 0 saturated carbocycles. The molecule has 2 aromatic rings. The standard InChI is InChI=1S/C37H44BrN3O8/c1-5-8-14-29(43)48-22-28(23-12-10-9-11-13-23)39-34(44)30-31-35(45)41(24(7-3)21-42)33(37(31)20-27(38)32(30)49-37)36(46)40(19-6-2)25-15-17-26(47-4)18-16-25/h5-6,9-13,15-18,24,27-28,30-33,42H,1-2,7-8,14,19-22H2,3-4H3,(H,39,44)/t24-,27?,28-,30+,31-,32+,33+,37-/m0/s1. The number of halogens is 1. The summed E-state index contributed by atoms with van der Waals surface area (Å²) in [6.07, 6.45) is 3.84. The maximum Gasteiger partial charge on any atom is 0.306 e. The molecule has 2 N–H and O–H groups in total. The number of hydrogen-bond donors (Lipinski definition) is 2. The first kappa shape index (κ1) is 36.3. The molecular formula is C37H44BrN3O8. The van der Waals surface area contributed by atoms with Crippen LogP contribution in [-0.4, -0.2) is 89.2 Å². The summed E-state index contributed by atoms with van der Waals surface area (Å²) in [4.78, 5) is 58.8. The zero-order valence-corrected chi connectivity index (χ0v) is 29.4. The molecule has 3 saturated heterocycles. The summed E-state index contributed by atoms with van der Waals surface area (Å²) < 4.78 is 17.5. The van der Waals surface area contributed by atoms with Gasteiger partial charge in [0.2, 0.25) is 11.8 Å². The third kappa shape index (κ3) is 6.91. The lowest BCUT2D eigenvalue weighted by Gasteiger charge is -2.39. The molecule has 1 spiro atoms. The van der Waals surface area contributed by atoms with Crippen molar-refractivity contribution in [3.8, 4) is 5.75 Å². The molecule has 3 aliphatic heterocycles. The molecule has 3 heterocycles. The Balaban J connectivity index is 1.50. The first-order valence-corrected chi connectivity index (χ1v) is 17.5. The minimum absolute atomic E-state index is 0.112. The fraction of sp³-hybridized carbons (Fsp3) is 0.459. The summed E-state index contributed by atoms with van der Waals surface area (Å²) in [5.74, 6) is -3.02. The molecule has 12 heteroatoms. The van der Waals surface area contributed by atoms with Crippen LogP contribution < -0.4 is 15.0 Å². The molecular weight excluding hydrogens is 694 g/mol. The Hall–Kier alpha value is -4.00. The third-order valence-electron chi connectivity index (χ3n) is 9.78. The van der Waals surface area contributed by atoms with E-state index in [4.69, 9.17) is 14.2 Å². The number of amides is 3. The monoisotopic (exact) mass is 737 g/mol.